The van der Waals surface area contributed by atoms with Gasteiger partial charge in [0.1, 0.15) is 6.54 Å². The molecular weight excluding hydrogens is 430 g/mol. The number of fused-ring (bicyclic) bond motifs is 1. The van der Waals surface area contributed by atoms with E-state index in [0.717, 1.165) is 27.6 Å². The van der Waals surface area contributed by atoms with Gasteiger partial charge in [-0.05, 0) is 49.2 Å². The smallest absolute Gasteiger partial charge is 0.275 e. The van der Waals surface area contributed by atoms with Crippen molar-refractivity contribution in [2.75, 3.05) is 14.2 Å². The van der Waals surface area contributed by atoms with Gasteiger partial charge >= 0.3 is 0 Å². The van der Waals surface area contributed by atoms with Crippen molar-refractivity contribution in [1.29, 1.82) is 0 Å². The molecule has 7 nitrogen and oxygen atoms in total. The molecule has 0 bridgehead atoms. The number of nitrogens with one attached hydrogen (secondary N) is 1. The zero-order chi connectivity index (χ0) is 24.2. The maximum Gasteiger partial charge on any atom is 0.275 e. The average Bonchev–Trinajstić information content (AvgIpc) is 2.86. The molecule has 0 spiro atoms. The predicted molar refractivity (Wildman–Crippen MR) is 132 cm³/mol. The zero-order valence-electron chi connectivity index (χ0n) is 19.7. The predicted octanol–water partition coefficient (Wildman–Crippen LogP) is 4.01. The maximum absolute atomic E-state index is 13.1. The van der Waals surface area contributed by atoms with E-state index in [2.05, 4.69) is 16.5 Å². The van der Waals surface area contributed by atoms with Gasteiger partial charge in [0, 0.05) is 17.5 Å². The summed E-state index contributed by atoms with van der Waals surface area (Å²) in [5.41, 5.74) is 4.31. The van der Waals surface area contributed by atoms with Gasteiger partial charge in [0.05, 0.1) is 25.3 Å². The van der Waals surface area contributed by atoms with Crippen molar-refractivity contribution >= 4 is 16.7 Å². The van der Waals surface area contributed by atoms with E-state index in [1.165, 1.54) is 4.68 Å². The number of hydrogen-bond donors (Lipinski definition) is 1. The van der Waals surface area contributed by atoms with Gasteiger partial charge in [-0.15, -0.1) is 0 Å². The number of carbonyl (C=O) groups excluding carboxylic acids is 1. The number of amides is 1. The van der Waals surface area contributed by atoms with E-state index in [9.17, 15) is 9.59 Å². The molecule has 4 aromatic rings. The molecule has 34 heavy (non-hydrogen) atoms. The van der Waals surface area contributed by atoms with Crippen molar-refractivity contribution in [3.8, 4) is 22.8 Å². The summed E-state index contributed by atoms with van der Waals surface area (Å²) in [7, 11) is 3.13. The van der Waals surface area contributed by atoms with Crippen LogP contribution in [0.1, 0.15) is 16.7 Å². The minimum Gasteiger partial charge on any atom is -0.493 e. The number of hydrogen-bond acceptors (Lipinski definition) is 5. The first kappa shape index (κ1) is 23.0. The van der Waals surface area contributed by atoms with Crippen molar-refractivity contribution in [1.82, 2.24) is 15.1 Å². The lowest BCUT2D eigenvalue weighted by atomic mass is 9.99. The summed E-state index contributed by atoms with van der Waals surface area (Å²) in [5.74, 6) is 0.884. The molecule has 0 radical (unpaired) electrons. The van der Waals surface area contributed by atoms with Crippen LogP contribution in [0.25, 0.3) is 22.0 Å². The van der Waals surface area contributed by atoms with Gasteiger partial charge < -0.3 is 14.8 Å². The summed E-state index contributed by atoms with van der Waals surface area (Å²) in [4.78, 5) is 25.9. The number of aromatic nitrogens is 2. The lowest BCUT2D eigenvalue weighted by Crippen LogP contribution is -2.33. The Labute approximate surface area is 197 Å². The summed E-state index contributed by atoms with van der Waals surface area (Å²) in [6.07, 6.45) is 0. The van der Waals surface area contributed by atoms with E-state index in [1.54, 1.807) is 32.4 Å². The third-order valence-corrected chi connectivity index (χ3v) is 5.75. The van der Waals surface area contributed by atoms with Crippen LogP contribution in [0.2, 0.25) is 0 Å². The number of rotatable bonds is 7. The van der Waals surface area contributed by atoms with Crippen molar-refractivity contribution in [3.63, 3.8) is 0 Å². The average molecular weight is 458 g/mol. The zero-order valence-corrected chi connectivity index (χ0v) is 19.7. The quantitative estimate of drug-likeness (QED) is 0.453. The van der Waals surface area contributed by atoms with Crippen LogP contribution >= 0.6 is 0 Å². The molecule has 1 amide bonds. The van der Waals surface area contributed by atoms with Gasteiger partial charge in [-0.3, -0.25) is 9.59 Å². The second kappa shape index (κ2) is 9.79. The normalized spacial score (nSPS) is 10.8. The van der Waals surface area contributed by atoms with Crippen molar-refractivity contribution < 1.29 is 14.3 Å². The Morgan fingerprint density at radius 1 is 0.941 bits per heavy atom. The second-order valence-corrected chi connectivity index (χ2v) is 8.14. The Kier molecular flexibility index (Phi) is 6.63. The fraction of sp³-hybridized carbons (Fsp3) is 0.222. The van der Waals surface area contributed by atoms with Gasteiger partial charge in [0.2, 0.25) is 5.91 Å². The van der Waals surface area contributed by atoms with E-state index < -0.39 is 0 Å². The summed E-state index contributed by atoms with van der Waals surface area (Å²) in [6, 6.07) is 18.9. The van der Waals surface area contributed by atoms with Crippen LogP contribution in [0.5, 0.6) is 11.5 Å². The van der Waals surface area contributed by atoms with Gasteiger partial charge in [0.25, 0.3) is 5.56 Å². The van der Waals surface area contributed by atoms with Crippen molar-refractivity contribution in [3.05, 3.63) is 87.7 Å². The molecule has 174 valence electrons. The third-order valence-electron chi connectivity index (χ3n) is 5.75. The fourth-order valence-electron chi connectivity index (χ4n) is 3.92. The van der Waals surface area contributed by atoms with E-state index >= 15 is 0 Å². The molecule has 0 aliphatic rings. The molecule has 1 heterocycles. The number of ether oxygens (including phenoxy) is 2. The van der Waals surface area contributed by atoms with Gasteiger partial charge in [-0.1, -0.05) is 42.0 Å². The molecule has 0 fully saturated rings. The van der Waals surface area contributed by atoms with Crippen LogP contribution in [0.4, 0.5) is 0 Å². The molecule has 3 aromatic carbocycles. The highest BCUT2D eigenvalue weighted by molar-refractivity contribution is 5.94. The molecule has 0 saturated carbocycles. The monoisotopic (exact) mass is 457 g/mol. The summed E-state index contributed by atoms with van der Waals surface area (Å²) >= 11 is 0. The molecular formula is C27H27N3O4. The minimum absolute atomic E-state index is 0.186. The number of methoxy groups -OCH3 is 2. The maximum atomic E-state index is 13.1. The van der Waals surface area contributed by atoms with Crippen LogP contribution in [0, 0.1) is 13.8 Å². The highest BCUT2D eigenvalue weighted by Gasteiger charge is 2.16. The first-order valence-corrected chi connectivity index (χ1v) is 11.0. The molecule has 0 unspecified atom stereocenters. The number of nitrogens with zero attached hydrogens (tertiary/aromatic N) is 2. The molecule has 0 aliphatic heterocycles. The first-order chi connectivity index (χ1) is 16.4. The Balaban J connectivity index is 1.63. The number of aryl methyl sites for hydroxylation is 2. The van der Waals surface area contributed by atoms with Crippen molar-refractivity contribution in [2.24, 2.45) is 0 Å². The standard InChI is InChI=1S/C27H27N3O4/c1-17-9-10-18(2)22(13-17)26-20-7-5-6-8-21(20)27(32)30(29-26)16-25(31)28-15-19-11-12-23(33-3)24(14-19)34-4/h5-14H,15-16H2,1-4H3,(H,28,31). The molecule has 0 saturated heterocycles. The first-order valence-electron chi connectivity index (χ1n) is 11.0. The SMILES string of the molecule is COc1ccc(CNC(=O)Cn2nc(-c3cc(C)ccc3C)c3ccccc3c2=O)cc1OC. The van der Waals surface area contributed by atoms with Gasteiger partial charge in [-0.25, -0.2) is 4.68 Å². The largest absolute Gasteiger partial charge is 0.493 e. The highest BCUT2D eigenvalue weighted by Crippen LogP contribution is 2.29. The molecule has 0 atom stereocenters. The Morgan fingerprint density at radius 2 is 1.68 bits per heavy atom. The van der Waals surface area contributed by atoms with E-state index in [0.29, 0.717) is 22.6 Å². The summed E-state index contributed by atoms with van der Waals surface area (Å²) < 4.78 is 11.8. The van der Waals surface area contributed by atoms with E-state index in [-0.39, 0.29) is 24.6 Å². The fourth-order valence-corrected chi connectivity index (χ4v) is 3.92. The van der Waals surface area contributed by atoms with Gasteiger partial charge in [0.15, 0.2) is 11.5 Å². The van der Waals surface area contributed by atoms with Gasteiger partial charge in [-0.2, -0.15) is 5.10 Å². The molecule has 7 heteroatoms. The molecule has 1 N–H and O–H groups in total. The number of carbonyl (C=O) groups is 1. The lowest BCUT2D eigenvalue weighted by Gasteiger charge is -2.14. The van der Waals surface area contributed by atoms with Crippen LogP contribution < -0.4 is 20.3 Å². The molecule has 0 aliphatic carbocycles. The van der Waals surface area contributed by atoms with Crippen LogP contribution in [-0.4, -0.2) is 29.9 Å². The number of benzene rings is 3. The van der Waals surface area contributed by atoms with Crippen LogP contribution in [-0.2, 0) is 17.9 Å². The lowest BCUT2D eigenvalue weighted by molar-refractivity contribution is -0.122. The van der Waals surface area contributed by atoms with Crippen LogP contribution in [0.15, 0.2) is 65.5 Å². The Morgan fingerprint density at radius 3 is 2.41 bits per heavy atom. The summed E-state index contributed by atoms with van der Waals surface area (Å²) in [6.45, 7) is 4.12. The summed E-state index contributed by atoms with van der Waals surface area (Å²) in [5, 5.41) is 8.78. The van der Waals surface area contributed by atoms with Crippen LogP contribution in [0.3, 0.4) is 0 Å². The van der Waals surface area contributed by atoms with Crippen molar-refractivity contribution in [2.45, 2.75) is 26.9 Å². The highest BCUT2D eigenvalue weighted by atomic mass is 16.5. The van der Waals surface area contributed by atoms with E-state index in [4.69, 9.17) is 9.47 Å². The molecule has 4 rings (SSSR count). The second-order valence-electron chi connectivity index (χ2n) is 8.14. The van der Waals surface area contributed by atoms with E-state index in [1.807, 2.05) is 50.2 Å². The third kappa shape index (κ3) is 4.64. The Bertz CT molecular complexity index is 1430. The molecule has 1 aromatic heterocycles. The topological polar surface area (TPSA) is 82.5 Å². The minimum atomic E-state index is -0.313. The Hall–Kier alpha value is -4.13.